The number of benzene rings is 1. The molecule has 0 saturated heterocycles. The second kappa shape index (κ2) is 8.13. The van der Waals surface area contributed by atoms with E-state index in [1.807, 2.05) is 30.5 Å². The van der Waals surface area contributed by atoms with E-state index in [1.165, 1.54) is 11.8 Å². The molecule has 0 aliphatic carbocycles. The van der Waals surface area contributed by atoms with Crippen LogP contribution in [0.4, 0.5) is 0 Å². The molecule has 0 atom stereocenters. The van der Waals surface area contributed by atoms with Gasteiger partial charge in [0.15, 0.2) is 15.8 Å². The van der Waals surface area contributed by atoms with E-state index >= 15 is 0 Å². The molecule has 0 amide bonds. The van der Waals surface area contributed by atoms with E-state index in [0.29, 0.717) is 5.65 Å². The van der Waals surface area contributed by atoms with Crippen molar-refractivity contribution >= 4 is 45.2 Å². The number of para-hydroxylation sites is 1. The van der Waals surface area contributed by atoms with Gasteiger partial charge in [-0.3, -0.25) is 9.55 Å². The Bertz CT molecular complexity index is 1330. The van der Waals surface area contributed by atoms with Crippen LogP contribution in [-0.2, 0) is 0 Å². The third-order valence-electron chi connectivity index (χ3n) is 4.43. The molecule has 1 aromatic carbocycles. The first-order chi connectivity index (χ1) is 14.7. The van der Waals surface area contributed by atoms with Gasteiger partial charge in [0.25, 0.3) is 0 Å². The molecule has 148 valence electrons. The molecular formula is C20H15N7S3. The standard InChI is InChI=1S/C20H15N7S3/c1-12-5-3-4-6-14(12)27-17(13-7-9-21-10-8-13)25-26-19(27)30-18-15-16(22-11-23-18)24-20(28-2)29-15/h3-11H,1-2H3. The predicted molar refractivity (Wildman–Crippen MR) is 120 cm³/mol. The Morgan fingerprint density at radius 2 is 1.83 bits per heavy atom. The van der Waals surface area contributed by atoms with Crippen LogP contribution in [0.3, 0.4) is 0 Å². The zero-order valence-electron chi connectivity index (χ0n) is 16.1. The highest BCUT2D eigenvalue weighted by atomic mass is 32.2. The average Bonchev–Trinajstić information content (AvgIpc) is 3.39. The number of aryl methyl sites for hydroxylation is 1. The molecular weight excluding hydrogens is 434 g/mol. The van der Waals surface area contributed by atoms with Gasteiger partial charge in [-0.05, 0) is 48.7 Å². The normalized spacial score (nSPS) is 11.3. The number of thiazole rings is 1. The van der Waals surface area contributed by atoms with E-state index in [-0.39, 0.29) is 0 Å². The van der Waals surface area contributed by atoms with Crippen molar-refractivity contribution in [3.8, 4) is 17.1 Å². The summed E-state index contributed by atoms with van der Waals surface area (Å²) < 4.78 is 3.99. The van der Waals surface area contributed by atoms with Gasteiger partial charge in [-0.15, -0.1) is 21.5 Å². The smallest absolute Gasteiger partial charge is 0.202 e. The zero-order chi connectivity index (χ0) is 20.5. The molecule has 0 spiro atoms. The van der Waals surface area contributed by atoms with Crippen LogP contribution in [0.2, 0.25) is 0 Å². The largest absolute Gasteiger partial charge is 0.269 e. The molecule has 4 aromatic heterocycles. The van der Waals surface area contributed by atoms with E-state index in [4.69, 9.17) is 0 Å². The summed E-state index contributed by atoms with van der Waals surface area (Å²) in [6.45, 7) is 2.08. The van der Waals surface area contributed by atoms with Crippen LogP contribution in [0.5, 0.6) is 0 Å². The summed E-state index contributed by atoms with van der Waals surface area (Å²) in [4.78, 5) is 17.5. The summed E-state index contributed by atoms with van der Waals surface area (Å²) in [5, 5.41) is 10.6. The fraction of sp³-hybridized carbons (Fsp3) is 0.100. The minimum absolute atomic E-state index is 0.707. The van der Waals surface area contributed by atoms with Crippen molar-refractivity contribution in [2.45, 2.75) is 21.4 Å². The number of hydrogen-bond donors (Lipinski definition) is 0. The molecule has 10 heteroatoms. The number of hydrogen-bond acceptors (Lipinski definition) is 9. The van der Waals surface area contributed by atoms with Crippen molar-refractivity contribution in [3.63, 3.8) is 0 Å². The maximum Gasteiger partial charge on any atom is 0.202 e. The van der Waals surface area contributed by atoms with Gasteiger partial charge in [0.1, 0.15) is 16.1 Å². The summed E-state index contributed by atoms with van der Waals surface area (Å²) in [7, 11) is 0. The van der Waals surface area contributed by atoms with Gasteiger partial charge >= 0.3 is 0 Å². The Morgan fingerprint density at radius 3 is 2.63 bits per heavy atom. The molecule has 7 nitrogen and oxygen atoms in total. The monoisotopic (exact) mass is 449 g/mol. The van der Waals surface area contributed by atoms with E-state index in [0.717, 1.165) is 41.9 Å². The second-order valence-electron chi connectivity index (χ2n) is 6.28. The molecule has 5 aromatic rings. The molecule has 0 N–H and O–H groups in total. The van der Waals surface area contributed by atoms with Gasteiger partial charge in [0.05, 0.1) is 5.69 Å². The minimum atomic E-state index is 0.707. The molecule has 0 aliphatic rings. The van der Waals surface area contributed by atoms with Gasteiger partial charge < -0.3 is 0 Å². The van der Waals surface area contributed by atoms with Crippen LogP contribution >= 0.6 is 34.9 Å². The van der Waals surface area contributed by atoms with Crippen LogP contribution in [0.1, 0.15) is 5.56 Å². The highest BCUT2D eigenvalue weighted by Gasteiger charge is 2.20. The first-order valence-electron chi connectivity index (χ1n) is 9.00. The number of fused-ring (bicyclic) bond motifs is 1. The number of pyridine rings is 1. The van der Waals surface area contributed by atoms with Crippen molar-refractivity contribution in [2.75, 3.05) is 6.26 Å². The van der Waals surface area contributed by atoms with Crippen LogP contribution in [0.15, 0.2) is 69.6 Å². The first kappa shape index (κ1) is 19.2. The Hall–Kier alpha value is -2.82. The quantitative estimate of drug-likeness (QED) is 0.276. The topological polar surface area (TPSA) is 82.3 Å². The molecule has 0 bridgehead atoms. The third kappa shape index (κ3) is 3.47. The summed E-state index contributed by atoms with van der Waals surface area (Å²) in [5.74, 6) is 0.758. The summed E-state index contributed by atoms with van der Waals surface area (Å²) >= 11 is 4.67. The molecule has 30 heavy (non-hydrogen) atoms. The molecule has 0 aliphatic heterocycles. The summed E-state index contributed by atoms with van der Waals surface area (Å²) in [5.41, 5.74) is 3.81. The van der Waals surface area contributed by atoms with E-state index in [1.54, 1.807) is 41.8 Å². The lowest BCUT2D eigenvalue weighted by Gasteiger charge is -2.12. The third-order valence-corrected chi connectivity index (χ3v) is 7.55. The van der Waals surface area contributed by atoms with Crippen molar-refractivity contribution in [1.82, 2.24) is 34.7 Å². The molecule has 0 radical (unpaired) electrons. The van der Waals surface area contributed by atoms with Gasteiger partial charge in [-0.2, -0.15) is 0 Å². The van der Waals surface area contributed by atoms with Crippen LogP contribution < -0.4 is 0 Å². The number of thioether (sulfide) groups is 1. The second-order valence-corrected chi connectivity index (χ2v) is 9.29. The number of aromatic nitrogens is 7. The van der Waals surface area contributed by atoms with Crippen molar-refractivity contribution in [3.05, 3.63) is 60.7 Å². The highest BCUT2D eigenvalue weighted by molar-refractivity contribution is 8.00. The average molecular weight is 450 g/mol. The Kier molecular flexibility index (Phi) is 5.19. The van der Waals surface area contributed by atoms with E-state index in [9.17, 15) is 0 Å². The molecule has 5 rings (SSSR count). The van der Waals surface area contributed by atoms with Crippen molar-refractivity contribution in [1.29, 1.82) is 0 Å². The van der Waals surface area contributed by atoms with E-state index in [2.05, 4.69) is 53.8 Å². The van der Waals surface area contributed by atoms with Gasteiger partial charge in [0.2, 0.25) is 5.16 Å². The van der Waals surface area contributed by atoms with Crippen molar-refractivity contribution < 1.29 is 0 Å². The lowest BCUT2D eigenvalue weighted by molar-refractivity contribution is 0.878. The van der Waals surface area contributed by atoms with Crippen LogP contribution in [0.25, 0.3) is 27.4 Å². The van der Waals surface area contributed by atoms with Crippen LogP contribution in [-0.4, -0.2) is 41.0 Å². The first-order valence-corrected chi connectivity index (χ1v) is 11.9. The highest BCUT2D eigenvalue weighted by Crippen LogP contribution is 2.38. The predicted octanol–water partition coefficient (Wildman–Crippen LogP) is 4.91. The Balaban J connectivity index is 1.67. The van der Waals surface area contributed by atoms with Crippen LogP contribution in [0, 0.1) is 6.92 Å². The lowest BCUT2D eigenvalue weighted by Crippen LogP contribution is -2.02. The van der Waals surface area contributed by atoms with E-state index < -0.39 is 0 Å². The molecule has 0 fully saturated rings. The fourth-order valence-corrected chi connectivity index (χ4v) is 5.48. The van der Waals surface area contributed by atoms with Crippen molar-refractivity contribution in [2.24, 2.45) is 0 Å². The zero-order valence-corrected chi connectivity index (χ0v) is 18.5. The van der Waals surface area contributed by atoms with Gasteiger partial charge in [-0.1, -0.05) is 30.0 Å². The molecule has 0 saturated carbocycles. The summed E-state index contributed by atoms with van der Waals surface area (Å²) in [6, 6.07) is 12.1. The van der Waals surface area contributed by atoms with Gasteiger partial charge in [-0.25, -0.2) is 15.0 Å². The fourth-order valence-electron chi connectivity index (χ4n) is 3.02. The van der Waals surface area contributed by atoms with Gasteiger partial charge in [0, 0.05) is 18.0 Å². The maximum absolute atomic E-state index is 4.55. The number of rotatable bonds is 5. The molecule has 4 heterocycles. The SMILES string of the molecule is CSc1nc2ncnc(Sc3nnc(-c4ccncc4)n3-c3ccccc3C)c2s1. The number of nitrogens with zero attached hydrogens (tertiary/aromatic N) is 7. The summed E-state index contributed by atoms with van der Waals surface area (Å²) in [6.07, 6.45) is 7.07. The molecule has 0 unspecified atom stereocenters. The maximum atomic E-state index is 4.55. The lowest BCUT2D eigenvalue weighted by atomic mass is 10.2. The Labute approximate surface area is 185 Å². The minimum Gasteiger partial charge on any atom is -0.269 e. The Morgan fingerprint density at radius 1 is 1.00 bits per heavy atom.